The summed E-state index contributed by atoms with van der Waals surface area (Å²) >= 11 is 6.16. The van der Waals surface area contributed by atoms with Crippen LogP contribution in [0.1, 0.15) is 16.7 Å². The van der Waals surface area contributed by atoms with E-state index in [0.717, 1.165) is 16.8 Å². The van der Waals surface area contributed by atoms with Crippen molar-refractivity contribution < 1.29 is 4.74 Å². The molecule has 0 fully saturated rings. The molecule has 20 heavy (non-hydrogen) atoms. The Kier molecular flexibility index (Phi) is 5.00. The first-order chi connectivity index (χ1) is 9.74. The summed E-state index contributed by atoms with van der Waals surface area (Å²) in [5.74, 6) is 0. The Morgan fingerprint density at radius 1 is 1.20 bits per heavy atom. The van der Waals surface area contributed by atoms with Gasteiger partial charge in [-0.25, -0.2) is 0 Å². The van der Waals surface area contributed by atoms with Gasteiger partial charge in [-0.05, 0) is 23.8 Å². The lowest BCUT2D eigenvalue weighted by atomic mass is 10.1. The summed E-state index contributed by atoms with van der Waals surface area (Å²) in [5.41, 5.74) is 3.64. The lowest BCUT2D eigenvalue weighted by Gasteiger charge is -2.12. The highest BCUT2D eigenvalue weighted by molar-refractivity contribution is 6.31. The summed E-state index contributed by atoms with van der Waals surface area (Å²) in [6.07, 6.45) is 0. The van der Waals surface area contributed by atoms with Crippen molar-refractivity contribution >= 4 is 17.3 Å². The number of hydrogen-bond donors (Lipinski definition) is 1. The van der Waals surface area contributed by atoms with E-state index in [4.69, 9.17) is 21.6 Å². The summed E-state index contributed by atoms with van der Waals surface area (Å²) in [6.45, 7) is 1.16. The molecule has 1 N–H and O–H groups in total. The highest BCUT2D eigenvalue weighted by Gasteiger charge is 2.04. The SMILES string of the molecule is COCc1ccccc1NCc1ccc(C#N)cc1Cl. The number of hydrogen-bond acceptors (Lipinski definition) is 3. The van der Waals surface area contributed by atoms with Crippen LogP contribution in [-0.2, 0) is 17.9 Å². The van der Waals surface area contributed by atoms with Gasteiger partial charge in [0.25, 0.3) is 0 Å². The molecule has 102 valence electrons. The maximum atomic E-state index is 8.82. The molecular weight excluding hydrogens is 272 g/mol. The Labute approximate surface area is 123 Å². The molecule has 3 nitrogen and oxygen atoms in total. The van der Waals surface area contributed by atoms with Crippen LogP contribution in [0.2, 0.25) is 5.02 Å². The molecule has 0 aliphatic rings. The summed E-state index contributed by atoms with van der Waals surface area (Å²) in [4.78, 5) is 0. The normalized spacial score (nSPS) is 10.1. The predicted octanol–water partition coefficient (Wildman–Crippen LogP) is 3.97. The summed E-state index contributed by atoms with van der Waals surface area (Å²) in [7, 11) is 1.67. The van der Waals surface area contributed by atoms with E-state index in [9.17, 15) is 0 Å². The second-order valence-corrected chi connectivity index (χ2v) is 4.77. The smallest absolute Gasteiger partial charge is 0.0992 e. The fourth-order valence-corrected chi connectivity index (χ4v) is 2.17. The molecule has 0 atom stereocenters. The average Bonchev–Trinajstić information content (AvgIpc) is 2.47. The number of methoxy groups -OCH3 is 1. The third kappa shape index (κ3) is 3.51. The van der Waals surface area contributed by atoms with Gasteiger partial charge < -0.3 is 10.1 Å². The molecule has 0 amide bonds. The van der Waals surface area contributed by atoms with Crippen molar-refractivity contribution in [2.45, 2.75) is 13.2 Å². The number of nitrogens with zero attached hydrogens (tertiary/aromatic N) is 1. The first kappa shape index (κ1) is 14.4. The number of anilines is 1. The second kappa shape index (κ2) is 6.95. The highest BCUT2D eigenvalue weighted by atomic mass is 35.5. The lowest BCUT2D eigenvalue weighted by Crippen LogP contribution is -2.03. The quantitative estimate of drug-likeness (QED) is 0.904. The number of para-hydroxylation sites is 1. The first-order valence-corrected chi connectivity index (χ1v) is 6.61. The van der Waals surface area contributed by atoms with Gasteiger partial charge in [0.15, 0.2) is 0 Å². The largest absolute Gasteiger partial charge is 0.381 e. The van der Waals surface area contributed by atoms with E-state index in [2.05, 4.69) is 11.4 Å². The molecule has 0 saturated heterocycles. The van der Waals surface area contributed by atoms with Crippen molar-refractivity contribution in [1.29, 1.82) is 5.26 Å². The number of nitriles is 1. The second-order valence-electron chi connectivity index (χ2n) is 4.36. The van der Waals surface area contributed by atoms with E-state index in [-0.39, 0.29) is 0 Å². The van der Waals surface area contributed by atoms with Gasteiger partial charge in [-0.15, -0.1) is 0 Å². The van der Waals surface area contributed by atoms with E-state index in [1.54, 1.807) is 19.2 Å². The molecular formula is C16H15ClN2O. The fourth-order valence-electron chi connectivity index (χ4n) is 1.92. The van der Waals surface area contributed by atoms with Crippen molar-refractivity contribution in [2.75, 3.05) is 12.4 Å². The minimum atomic E-state index is 0.560. The van der Waals surface area contributed by atoms with Crippen LogP contribution in [0.25, 0.3) is 0 Å². The summed E-state index contributed by atoms with van der Waals surface area (Å²) < 4.78 is 5.17. The zero-order chi connectivity index (χ0) is 14.4. The van der Waals surface area contributed by atoms with Crippen molar-refractivity contribution in [2.24, 2.45) is 0 Å². The maximum absolute atomic E-state index is 8.82. The summed E-state index contributed by atoms with van der Waals surface area (Å²) in [5, 5.41) is 12.8. The van der Waals surface area contributed by atoms with Gasteiger partial charge in [-0.2, -0.15) is 5.26 Å². The topological polar surface area (TPSA) is 45.0 Å². The Bertz CT molecular complexity index is 635. The van der Waals surface area contributed by atoms with Gasteiger partial charge in [0.1, 0.15) is 0 Å². The third-order valence-corrected chi connectivity index (χ3v) is 3.32. The van der Waals surface area contributed by atoms with Gasteiger partial charge in [0.05, 0.1) is 18.2 Å². The molecule has 2 aromatic rings. The van der Waals surface area contributed by atoms with Gasteiger partial charge in [-0.3, -0.25) is 0 Å². The number of nitrogens with one attached hydrogen (secondary N) is 1. The van der Waals surface area contributed by atoms with Crippen molar-refractivity contribution in [3.05, 3.63) is 64.2 Å². The zero-order valence-corrected chi connectivity index (χ0v) is 11.9. The van der Waals surface area contributed by atoms with Gasteiger partial charge in [0, 0.05) is 29.9 Å². The van der Waals surface area contributed by atoms with E-state index in [1.807, 2.05) is 30.3 Å². The molecule has 0 spiro atoms. The summed E-state index contributed by atoms with van der Waals surface area (Å²) in [6, 6.07) is 15.4. The Morgan fingerprint density at radius 3 is 2.70 bits per heavy atom. The standard InChI is InChI=1S/C16H15ClN2O/c1-20-11-14-4-2-3-5-16(14)19-10-13-7-6-12(9-18)8-15(13)17/h2-8,19H,10-11H2,1H3. The van der Waals surface area contributed by atoms with Gasteiger partial charge in [0.2, 0.25) is 0 Å². The Morgan fingerprint density at radius 2 is 2.00 bits per heavy atom. The Balaban J connectivity index is 2.11. The van der Waals surface area contributed by atoms with E-state index in [0.29, 0.717) is 23.7 Å². The molecule has 0 heterocycles. The van der Waals surface area contributed by atoms with Crippen molar-refractivity contribution in [1.82, 2.24) is 0 Å². The highest BCUT2D eigenvalue weighted by Crippen LogP contribution is 2.21. The maximum Gasteiger partial charge on any atom is 0.0992 e. The first-order valence-electron chi connectivity index (χ1n) is 6.24. The number of benzene rings is 2. The monoisotopic (exact) mass is 286 g/mol. The van der Waals surface area contributed by atoms with Crippen LogP contribution in [-0.4, -0.2) is 7.11 Å². The third-order valence-electron chi connectivity index (χ3n) is 2.97. The van der Waals surface area contributed by atoms with Crippen molar-refractivity contribution in [3.63, 3.8) is 0 Å². The van der Waals surface area contributed by atoms with Gasteiger partial charge >= 0.3 is 0 Å². The van der Waals surface area contributed by atoms with E-state index >= 15 is 0 Å². The zero-order valence-electron chi connectivity index (χ0n) is 11.2. The van der Waals surface area contributed by atoms with E-state index in [1.165, 1.54) is 0 Å². The minimum Gasteiger partial charge on any atom is -0.381 e. The molecule has 0 aliphatic carbocycles. The van der Waals surface area contributed by atoms with Crippen LogP contribution in [0.3, 0.4) is 0 Å². The molecule has 0 bridgehead atoms. The molecule has 0 unspecified atom stereocenters. The van der Waals surface area contributed by atoms with Crippen LogP contribution in [0.4, 0.5) is 5.69 Å². The van der Waals surface area contributed by atoms with Crippen LogP contribution < -0.4 is 5.32 Å². The van der Waals surface area contributed by atoms with E-state index < -0.39 is 0 Å². The molecule has 0 aromatic heterocycles. The minimum absolute atomic E-state index is 0.560. The fraction of sp³-hybridized carbons (Fsp3) is 0.188. The molecule has 2 aromatic carbocycles. The lowest BCUT2D eigenvalue weighted by molar-refractivity contribution is 0.185. The average molecular weight is 287 g/mol. The molecule has 0 radical (unpaired) electrons. The number of halogens is 1. The van der Waals surface area contributed by atoms with Crippen molar-refractivity contribution in [3.8, 4) is 6.07 Å². The van der Waals surface area contributed by atoms with Crippen LogP contribution >= 0.6 is 11.6 Å². The molecule has 4 heteroatoms. The van der Waals surface area contributed by atoms with Gasteiger partial charge in [-0.1, -0.05) is 35.9 Å². The van der Waals surface area contributed by atoms with Crippen LogP contribution in [0.15, 0.2) is 42.5 Å². The molecule has 0 saturated carbocycles. The van der Waals surface area contributed by atoms with Crippen LogP contribution in [0.5, 0.6) is 0 Å². The Hall–Kier alpha value is -2.02. The molecule has 0 aliphatic heterocycles. The predicted molar refractivity (Wildman–Crippen MR) is 80.6 cm³/mol. The molecule has 2 rings (SSSR count). The number of rotatable bonds is 5. The van der Waals surface area contributed by atoms with Crippen LogP contribution in [0, 0.1) is 11.3 Å². The number of ether oxygens (including phenoxy) is 1.